The van der Waals surface area contributed by atoms with Crippen molar-refractivity contribution < 1.29 is 14.3 Å². The minimum absolute atomic E-state index is 0.321. The Hall–Kier alpha value is -2.86. The van der Waals surface area contributed by atoms with E-state index in [1.54, 1.807) is 20.0 Å². The Morgan fingerprint density at radius 3 is 2.60 bits per heavy atom. The van der Waals surface area contributed by atoms with Gasteiger partial charge in [0.1, 0.15) is 12.4 Å². The molecule has 6 heteroatoms. The number of aryl methyl sites for hydroxylation is 2. The molecular formula is C19H20FN3O2. The first kappa shape index (κ1) is 17.0. The van der Waals surface area contributed by atoms with Crippen LogP contribution in [0.25, 0.3) is 11.3 Å². The number of para-hydroxylation sites is 1. The summed E-state index contributed by atoms with van der Waals surface area (Å²) in [6, 6.07) is 13.0. The van der Waals surface area contributed by atoms with Crippen LogP contribution in [-0.4, -0.2) is 15.0 Å². The second kappa shape index (κ2) is 6.94. The van der Waals surface area contributed by atoms with E-state index in [-0.39, 0.29) is 5.95 Å². The van der Waals surface area contributed by atoms with Gasteiger partial charge in [0.25, 0.3) is 0 Å². The molecule has 0 bridgehead atoms. The summed E-state index contributed by atoms with van der Waals surface area (Å²) in [6.07, 6.45) is 0. The summed E-state index contributed by atoms with van der Waals surface area (Å²) in [4.78, 5) is 0. The molecule has 2 N–H and O–H groups in total. The maximum atomic E-state index is 13.8. The molecule has 0 spiro atoms. The maximum absolute atomic E-state index is 13.8. The molecule has 3 aromatic rings. The summed E-state index contributed by atoms with van der Waals surface area (Å²) >= 11 is 0. The highest BCUT2D eigenvalue weighted by molar-refractivity contribution is 5.65. The number of ether oxygens (including phenoxy) is 1. The van der Waals surface area contributed by atoms with E-state index in [0.717, 1.165) is 22.4 Å². The Balaban J connectivity index is 1.81. The molecule has 0 aliphatic heterocycles. The second-order valence-corrected chi connectivity index (χ2v) is 5.93. The van der Waals surface area contributed by atoms with Gasteiger partial charge in [-0.3, -0.25) is 10.7 Å². The topological polar surface area (TPSA) is 59.3 Å². The van der Waals surface area contributed by atoms with E-state index < -0.39 is 0 Å². The zero-order valence-corrected chi connectivity index (χ0v) is 14.4. The lowest BCUT2D eigenvalue weighted by molar-refractivity contribution is 0.302. The SMILES string of the molecule is Cc1cc(-c2nn(C)c(F)c2C)ccc1OCc1ccccc1NO. The number of aromatic nitrogens is 2. The first-order valence-corrected chi connectivity index (χ1v) is 7.92. The Morgan fingerprint density at radius 1 is 1.20 bits per heavy atom. The lowest BCUT2D eigenvalue weighted by Gasteiger charge is -2.12. The highest BCUT2D eigenvalue weighted by atomic mass is 19.1. The Kier molecular flexibility index (Phi) is 4.72. The maximum Gasteiger partial charge on any atom is 0.214 e. The average Bonchev–Trinajstić information content (AvgIpc) is 2.88. The van der Waals surface area contributed by atoms with Crippen molar-refractivity contribution in [2.75, 3.05) is 5.48 Å². The summed E-state index contributed by atoms with van der Waals surface area (Å²) in [5, 5.41) is 13.4. The molecule has 0 radical (unpaired) electrons. The van der Waals surface area contributed by atoms with E-state index in [4.69, 9.17) is 9.94 Å². The van der Waals surface area contributed by atoms with E-state index in [1.807, 2.05) is 43.3 Å². The van der Waals surface area contributed by atoms with Crippen molar-refractivity contribution in [1.82, 2.24) is 9.78 Å². The first-order valence-electron chi connectivity index (χ1n) is 7.92. The molecule has 0 amide bonds. The van der Waals surface area contributed by atoms with Gasteiger partial charge in [-0.05, 0) is 43.7 Å². The number of anilines is 1. The van der Waals surface area contributed by atoms with E-state index >= 15 is 0 Å². The number of nitrogens with zero attached hydrogens (tertiary/aromatic N) is 2. The van der Waals surface area contributed by atoms with Crippen LogP contribution in [-0.2, 0) is 13.7 Å². The average molecular weight is 341 g/mol. The molecule has 1 aromatic heterocycles. The fraction of sp³-hybridized carbons (Fsp3) is 0.211. The molecule has 1 heterocycles. The van der Waals surface area contributed by atoms with Crippen molar-refractivity contribution in [2.45, 2.75) is 20.5 Å². The number of benzene rings is 2. The summed E-state index contributed by atoms with van der Waals surface area (Å²) in [7, 11) is 1.59. The minimum Gasteiger partial charge on any atom is -0.489 e. The first-order chi connectivity index (χ1) is 12.0. The van der Waals surface area contributed by atoms with Crippen LogP contribution in [0.4, 0.5) is 10.1 Å². The molecule has 25 heavy (non-hydrogen) atoms. The molecule has 0 atom stereocenters. The molecule has 0 aliphatic carbocycles. The Labute approximate surface area is 145 Å². The summed E-state index contributed by atoms with van der Waals surface area (Å²) in [6.45, 7) is 3.97. The van der Waals surface area contributed by atoms with Crippen molar-refractivity contribution in [2.24, 2.45) is 7.05 Å². The third-order valence-electron chi connectivity index (χ3n) is 4.17. The van der Waals surface area contributed by atoms with E-state index in [0.29, 0.717) is 23.6 Å². The third kappa shape index (κ3) is 3.34. The summed E-state index contributed by atoms with van der Waals surface area (Å²) < 4.78 is 20.9. The smallest absolute Gasteiger partial charge is 0.214 e. The largest absolute Gasteiger partial charge is 0.489 e. The molecule has 0 unspecified atom stereocenters. The van der Waals surface area contributed by atoms with Crippen LogP contribution in [0.1, 0.15) is 16.7 Å². The van der Waals surface area contributed by atoms with Crippen molar-refractivity contribution in [1.29, 1.82) is 0 Å². The molecule has 0 saturated heterocycles. The zero-order chi connectivity index (χ0) is 18.0. The lowest BCUT2D eigenvalue weighted by Crippen LogP contribution is -2.01. The van der Waals surface area contributed by atoms with Gasteiger partial charge in [-0.1, -0.05) is 18.2 Å². The highest BCUT2D eigenvalue weighted by Gasteiger charge is 2.14. The van der Waals surface area contributed by atoms with Crippen LogP contribution in [0.15, 0.2) is 42.5 Å². The fourth-order valence-electron chi connectivity index (χ4n) is 2.75. The van der Waals surface area contributed by atoms with Crippen LogP contribution < -0.4 is 10.2 Å². The quantitative estimate of drug-likeness (QED) is 0.682. The standard InChI is InChI=1S/C19H20FN3O2/c1-12-10-14(18-13(2)19(20)23(3)21-18)8-9-17(12)25-11-15-6-4-5-7-16(15)22-24/h4-10,22,24H,11H2,1-3H3. The zero-order valence-electron chi connectivity index (χ0n) is 14.4. The summed E-state index contributed by atoms with van der Waals surface area (Å²) in [5.41, 5.74) is 6.55. The van der Waals surface area contributed by atoms with Gasteiger partial charge in [0, 0.05) is 23.7 Å². The van der Waals surface area contributed by atoms with Crippen LogP contribution in [0.5, 0.6) is 5.75 Å². The van der Waals surface area contributed by atoms with Gasteiger partial charge in [0.15, 0.2) is 0 Å². The van der Waals surface area contributed by atoms with E-state index in [9.17, 15) is 4.39 Å². The van der Waals surface area contributed by atoms with Crippen LogP contribution in [0.2, 0.25) is 0 Å². The molecular weight excluding hydrogens is 321 g/mol. The normalized spacial score (nSPS) is 10.8. The van der Waals surface area contributed by atoms with Crippen LogP contribution >= 0.6 is 0 Å². The lowest BCUT2D eigenvalue weighted by atomic mass is 10.1. The molecule has 0 fully saturated rings. The Bertz CT molecular complexity index is 906. The predicted molar refractivity (Wildman–Crippen MR) is 94.3 cm³/mol. The van der Waals surface area contributed by atoms with Crippen molar-refractivity contribution in [3.05, 3.63) is 65.1 Å². The molecule has 2 aromatic carbocycles. The molecule has 130 valence electrons. The van der Waals surface area contributed by atoms with Crippen molar-refractivity contribution in [3.8, 4) is 17.0 Å². The van der Waals surface area contributed by atoms with Gasteiger partial charge < -0.3 is 4.74 Å². The highest BCUT2D eigenvalue weighted by Crippen LogP contribution is 2.29. The summed E-state index contributed by atoms with van der Waals surface area (Å²) in [5.74, 6) is 0.395. The van der Waals surface area contributed by atoms with Gasteiger partial charge >= 0.3 is 0 Å². The molecule has 0 aliphatic rings. The number of nitrogens with one attached hydrogen (secondary N) is 1. The predicted octanol–water partition coefficient (Wildman–Crippen LogP) is 4.22. The van der Waals surface area contributed by atoms with Crippen LogP contribution in [0.3, 0.4) is 0 Å². The minimum atomic E-state index is -0.332. The number of halogens is 1. The number of hydrogen-bond acceptors (Lipinski definition) is 4. The van der Waals surface area contributed by atoms with Crippen molar-refractivity contribution >= 4 is 5.69 Å². The van der Waals surface area contributed by atoms with Gasteiger partial charge in [-0.2, -0.15) is 9.49 Å². The van der Waals surface area contributed by atoms with E-state index in [2.05, 4.69) is 10.6 Å². The van der Waals surface area contributed by atoms with Crippen LogP contribution in [0, 0.1) is 19.8 Å². The molecule has 5 nitrogen and oxygen atoms in total. The Morgan fingerprint density at radius 2 is 1.96 bits per heavy atom. The van der Waals surface area contributed by atoms with Gasteiger partial charge in [0.2, 0.25) is 5.95 Å². The van der Waals surface area contributed by atoms with Gasteiger partial charge in [-0.15, -0.1) is 0 Å². The van der Waals surface area contributed by atoms with Crippen molar-refractivity contribution in [3.63, 3.8) is 0 Å². The monoisotopic (exact) mass is 341 g/mol. The molecule has 0 saturated carbocycles. The van der Waals surface area contributed by atoms with Gasteiger partial charge in [-0.25, -0.2) is 4.68 Å². The number of hydrogen-bond donors (Lipinski definition) is 2. The number of rotatable bonds is 5. The third-order valence-corrected chi connectivity index (χ3v) is 4.17. The fourth-order valence-corrected chi connectivity index (χ4v) is 2.75. The van der Waals surface area contributed by atoms with E-state index in [1.165, 1.54) is 4.68 Å². The molecule has 3 rings (SSSR count). The second-order valence-electron chi connectivity index (χ2n) is 5.93. The van der Waals surface area contributed by atoms with Gasteiger partial charge in [0.05, 0.1) is 11.4 Å².